The first kappa shape index (κ1) is 13.6. The molecule has 1 saturated heterocycles. The minimum absolute atomic E-state index is 0.115. The van der Waals surface area contributed by atoms with E-state index in [-0.39, 0.29) is 23.8 Å². The van der Waals surface area contributed by atoms with Gasteiger partial charge in [0.1, 0.15) is 11.5 Å². The van der Waals surface area contributed by atoms with Gasteiger partial charge in [-0.2, -0.15) is 0 Å². The second-order valence-electron chi connectivity index (χ2n) is 6.76. The Hall–Kier alpha value is -0.860. The molecule has 2 rings (SSSR count). The topological polar surface area (TPSA) is 43.4 Å². The molecule has 102 valence electrons. The third-order valence-electron chi connectivity index (χ3n) is 4.67. The minimum Gasteiger partial charge on any atom is -0.460 e. The Bertz CT molecular complexity index is 362. The summed E-state index contributed by atoms with van der Waals surface area (Å²) in [6.45, 7) is 7.88. The van der Waals surface area contributed by atoms with Crippen molar-refractivity contribution in [2.45, 2.75) is 65.9 Å². The van der Waals surface area contributed by atoms with E-state index in [2.05, 4.69) is 0 Å². The highest BCUT2D eigenvalue weighted by Crippen LogP contribution is 2.49. The van der Waals surface area contributed by atoms with Crippen LogP contribution in [0.4, 0.5) is 0 Å². The number of hydrogen-bond donors (Lipinski definition) is 0. The lowest BCUT2D eigenvalue weighted by Crippen LogP contribution is -2.60. The highest BCUT2D eigenvalue weighted by Gasteiger charge is 2.60. The Morgan fingerprint density at radius 1 is 1.11 bits per heavy atom. The van der Waals surface area contributed by atoms with Gasteiger partial charge in [-0.05, 0) is 32.6 Å². The largest absolute Gasteiger partial charge is 0.460 e. The Kier molecular flexibility index (Phi) is 3.28. The van der Waals surface area contributed by atoms with Crippen LogP contribution in [0.1, 0.15) is 59.8 Å². The zero-order valence-electron chi connectivity index (χ0n) is 11.9. The lowest BCUT2D eigenvalue weighted by molar-refractivity contribution is -0.195. The number of hydrogen-bond acceptors (Lipinski definition) is 3. The van der Waals surface area contributed by atoms with Crippen molar-refractivity contribution in [3.05, 3.63) is 0 Å². The fraction of sp³-hybridized carbons (Fsp3) is 0.867. The summed E-state index contributed by atoms with van der Waals surface area (Å²) in [4.78, 5) is 25.2. The van der Waals surface area contributed by atoms with Gasteiger partial charge in [0.25, 0.3) is 0 Å². The van der Waals surface area contributed by atoms with E-state index < -0.39 is 10.8 Å². The van der Waals surface area contributed by atoms with Gasteiger partial charge in [-0.3, -0.25) is 9.59 Å². The van der Waals surface area contributed by atoms with Crippen LogP contribution in [-0.4, -0.2) is 17.9 Å². The first-order chi connectivity index (χ1) is 8.32. The van der Waals surface area contributed by atoms with Gasteiger partial charge in [0.2, 0.25) is 0 Å². The molecule has 0 aromatic carbocycles. The molecular formula is C15H24O3. The zero-order valence-corrected chi connectivity index (χ0v) is 11.9. The lowest BCUT2D eigenvalue weighted by atomic mass is 9.60. The zero-order chi connectivity index (χ0) is 13.6. The number of ether oxygens (including phenoxy) is 1. The first-order valence-electron chi connectivity index (χ1n) is 7.08. The first-order valence-corrected chi connectivity index (χ1v) is 7.08. The third-order valence-corrected chi connectivity index (χ3v) is 4.67. The Morgan fingerprint density at radius 3 is 2.17 bits per heavy atom. The van der Waals surface area contributed by atoms with Crippen LogP contribution in [0, 0.1) is 16.7 Å². The van der Waals surface area contributed by atoms with Gasteiger partial charge < -0.3 is 4.74 Å². The molecule has 1 spiro atoms. The van der Waals surface area contributed by atoms with Crippen molar-refractivity contribution >= 4 is 11.8 Å². The van der Waals surface area contributed by atoms with E-state index in [0.717, 1.165) is 19.3 Å². The lowest BCUT2D eigenvalue weighted by Gasteiger charge is -2.48. The van der Waals surface area contributed by atoms with Crippen molar-refractivity contribution in [3.63, 3.8) is 0 Å². The third kappa shape index (κ3) is 1.79. The number of Topliss-reactive ketones (excluding diaryl/α,β-unsaturated/α-hetero) is 1. The molecule has 1 atom stereocenters. The van der Waals surface area contributed by atoms with Gasteiger partial charge >= 0.3 is 5.97 Å². The second kappa shape index (κ2) is 4.36. The van der Waals surface area contributed by atoms with Gasteiger partial charge in [0.05, 0.1) is 5.41 Å². The predicted octanol–water partition coefficient (Wildman–Crippen LogP) is 3.11. The molecule has 0 aromatic rings. The van der Waals surface area contributed by atoms with Crippen LogP contribution in [0.15, 0.2) is 0 Å². The number of esters is 1. The summed E-state index contributed by atoms with van der Waals surface area (Å²) in [7, 11) is 0. The molecule has 0 bridgehead atoms. The highest BCUT2D eigenvalue weighted by atomic mass is 16.5. The number of ketones is 1. The van der Waals surface area contributed by atoms with E-state index in [0.29, 0.717) is 12.8 Å². The van der Waals surface area contributed by atoms with Crippen molar-refractivity contribution < 1.29 is 14.3 Å². The molecule has 1 aliphatic carbocycles. The van der Waals surface area contributed by atoms with E-state index in [1.807, 2.05) is 27.7 Å². The van der Waals surface area contributed by atoms with Gasteiger partial charge in [0, 0.05) is 0 Å². The summed E-state index contributed by atoms with van der Waals surface area (Å²) in [6, 6.07) is 0. The molecule has 0 radical (unpaired) electrons. The fourth-order valence-corrected chi connectivity index (χ4v) is 3.77. The molecule has 0 unspecified atom stereocenters. The van der Waals surface area contributed by atoms with Crippen LogP contribution in [0.5, 0.6) is 0 Å². The average molecular weight is 252 g/mol. The predicted molar refractivity (Wildman–Crippen MR) is 69.0 cm³/mol. The minimum atomic E-state index is -0.826. The molecular weight excluding hydrogens is 228 g/mol. The molecule has 1 aliphatic heterocycles. The molecule has 1 saturated carbocycles. The summed E-state index contributed by atoms with van der Waals surface area (Å²) in [5, 5.41) is 0. The summed E-state index contributed by atoms with van der Waals surface area (Å²) >= 11 is 0. The molecule has 0 N–H and O–H groups in total. The normalized spacial score (nSPS) is 30.6. The van der Waals surface area contributed by atoms with Crippen LogP contribution < -0.4 is 0 Å². The molecule has 1 heterocycles. The summed E-state index contributed by atoms with van der Waals surface area (Å²) in [5.74, 6) is 0.0312. The number of carbonyl (C=O) groups is 2. The number of carbonyl (C=O) groups excluding carboxylic acids is 2. The van der Waals surface area contributed by atoms with E-state index >= 15 is 0 Å². The van der Waals surface area contributed by atoms with Crippen molar-refractivity contribution in [1.29, 1.82) is 0 Å². The van der Waals surface area contributed by atoms with Crippen LogP contribution in [0.2, 0.25) is 0 Å². The second-order valence-corrected chi connectivity index (χ2v) is 6.76. The maximum absolute atomic E-state index is 12.8. The van der Waals surface area contributed by atoms with Crippen molar-refractivity contribution in [2.24, 2.45) is 16.7 Å². The van der Waals surface area contributed by atoms with E-state index in [1.165, 1.54) is 0 Å². The van der Waals surface area contributed by atoms with Crippen LogP contribution in [0.25, 0.3) is 0 Å². The summed E-state index contributed by atoms with van der Waals surface area (Å²) in [6.07, 6.45) is 4.12. The smallest absolute Gasteiger partial charge is 0.319 e. The Balaban J connectivity index is 2.37. The van der Waals surface area contributed by atoms with Crippen molar-refractivity contribution in [3.8, 4) is 0 Å². The molecule has 0 aromatic heterocycles. The molecule has 3 nitrogen and oxygen atoms in total. The number of cyclic esters (lactones) is 1. The molecule has 3 heteroatoms. The summed E-state index contributed by atoms with van der Waals surface area (Å²) < 4.78 is 5.67. The average Bonchev–Trinajstić information content (AvgIpc) is 2.33. The number of rotatable bonds is 1. The Labute approximate surface area is 109 Å². The van der Waals surface area contributed by atoms with E-state index in [1.54, 1.807) is 0 Å². The van der Waals surface area contributed by atoms with E-state index in [9.17, 15) is 9.59 Å². The van der Waals surface area contributed by atoms with Gasteiger partial charge in [-0.25, -0.2) is 0 Å². The highest BCUT2D eigenvalue weighted by molar-refractivity contribution is 6.08. The van der Waals surface area contributed by atoms with E-state index in [4.69, 9.17) is 4.74 Å². The maximum atomic E-state index is 12.8. The van der Waals surface area contributed by atoms with Crippen molar-refractivity contribution in [1.82, 2.24) is 0 Å². The van der Waals surface area contributed by atoms with Crippen LogP contribution in [-0.2, 0) is 14.3 Å². The van der Waals surface area contributed by atoms with Gasteiger partial charge in [-0.1, -0.05) is 33.1 Å². The molecule has 0 amide bonds. The van der Waals surface area contributed by atoms with Crippen molar-refractivity contribution in [2.75, 3.05) is 0 Å². The fourth-order valence-electron chi connectivity index (χ4n) is 3.77. The monoisotopic (exact) mass is 252 g/mol. The standard InChI is InChI=1S/C15H24O3/c1-10(2)11-14(3,4)12(16)15(13(17)18-11)8-6-5-7-9-15/h10-11H,5-9H2,1-4H3/t11-/m0/s1. The molecule has 2 aliphatic rings. The summed E-state index contributed by atoms with van der Waals surface area (Å²) in [5.41, 5.74) is -1.38. The van der Waals surface area contributed by atoms with Gasteiger partial charge in [0.15, 0.2) is 5.78 Å². The van der Waals surface area contributed by atoms with Crippen LogP contribution >= 0.6 is 0 Å². The Morgan fingerprint density at radius 2 is 1.67 bits per heavy atom. The quantitative estimate of drug-likeness (QED) is 0.532. The van der Waals surface area contributed by atoms with Crippen LogP contribution in [0.3, 0.4) is 0 Å². The molecule has 2 fully saturated rings. The van der Waals surface area contributed by atoms with Gasteiger partial charge in [-0.15, -0.1) is 0 Å². The molecule has 18 heavy (non-hydrogen) atoms. The SMILES string of the molecule is CC(C)[C@@H]1OC(=O)C2(CCCCC2)C(=O)C1(C)C. The maximum Gasteiger partial charge on any atom is 0.319 e.